The van der Waals surface area contributed by atoms with Crippen LogP contribution in [0.5, 0.6) is 11.5 Å². The molecule has 0 aliphatic carbocycles. The number of carbonyl (C=O) groups is 2. The quantitative estimate of drug-likeness (QED) is 0.709. The summed E-state index contributed by atoms with van der Waals surface area (Å²) in [6, 6.07) is 17.6. The first-order valence-electron chi connectivity index (χ1n) is 8.52. The Hall–Kier alpha value is -3.06. The highest BCUT2D eigenvalue weighted by Crippen LogP contribution is 2.31. The molecule has 7 heteroatoms. The number of phenolic OH excluding ortho intramolecular Hbond substituents is 1. The van der Waals surface area contributed by atoms with Crippen molar-refractivity contribution >= 4 is 11.9 Å². The number of hydrogen-bond donors (Lipinski definition) is 3. The van der Waals surface area contributed by atoms with Crippen LogP contribution in [-0.4, -0.2) is 58.4 Å². The van der Waals surface area contributed by atoms with Crippen LogP contribution in [0.1, 0.15) is 17.9 Å². The monoisotopic (exact) mass is 373 g/mol. The summed E-state index contributed by atoms with van der Waals surface area (Å²) >= 11 is 0. The Labute approximate surface area is 157 Å². The molecule has 2 atom stereocenters. The predicted molar refractivity (Wildman–Crippen MR) is 99.1 cm³/mol. The number of phenols is 1. The van der Waals surface area contributed by atoms with E-state index in [-0.39, 0.29) is 11.9 Å². The van der Waals surface area contributed by atoms with Crippen LogP contribution in [0.15, 0.2) is 54.6 Å². The molecule has 1 aliphatic rings. The third kappa shape index (κ3) is 6.31. The second-order valence-corrected chi connectivity index (χ2v) is 6.33. The number of piperidine rings is 1. The lowest BCUT2D eigenvalue weighted by atomic mass is 9.88. The van der Waals surface area contributed by atoms with Gasteiger partial charge in [0.05, 0.1) is 0 Å². The average Bonchev–Trinajstić information content (AvgIpc) is 2.64. The molecule has 0 saturated carbocycles. The summed E-state index contributed by atoms with van der Waals surface area (Å²) < 4.78 is 6.16. The summed E-state index contributed by atoms with van der Waals surface area (Å²) in [5.74, 6) is -2.31. The van der Waals surface area contributed by atoms with E-state index in [0.29, 0.717) is 5.92 Å². The van der Waals surface area contributed by atoms with Crippen LogP contribution in [0.2, 0.25) is 0 Å². The number of likely N-dealkylation sites (tertiary alicyclic amines) is 1. The number of carboxylic acids is 2. The van der Waals surface area contributed by atoms with Crippen LogP contribution >= 0.6 is 0 Å². The molecule has 0 spiro atoms. The molecular formula is C20H23NO6. The van der Waals surface area contributed by atoms with E-state index in [2.05, 4.69) is 36.2 Å². The first-order chi connectivity index (χ1) is 12.9. The van der Waals surface area contributed by atoms with Crippen molar-refractivity contribution in [2.24, 2.45) is 0 Å². The lowest BCUT2D eigenvalue weighted by Crippen LogP contribution is -2.42. The fourth-order valence-corrected chi connectivity index (χ4v) is 2.99. The molecule has 1 saturated heterocycles. The van der Waals surface area contributed by atoms with Crippen LogP contribution in [0.25, 0.3) is 0 Å². The van der Waals surface area contributed by atoms with Gasteiger partial charge in [-0.05, 0) is 31.2 Å². The van der Waals surface area contributed by atoms with E-state index in [9.17, 15) is 5.11 Å². The third-order valence-corrected chi connectivity index (χ3v) is 4.27. The zero-order valence-corrected chi connectivity index (χ0v) is 15.0. The average molecular weight is 373 g/mol. The Morgan fingerprint density at radius 1 is 1.04 bits per heavy atom. The van der Waals surface area contributed by atoms with Gasteiger partial charge in [0.2, 0.25) is 0 Å². The molecule has 2 aromatic rings. The van der Waals surface area contributed by atoms with Gasteiger partial charge in [0, 0.05) is 25.1 Å². The van der Waals surface area contributed by atoms with E-state index in [0.717, 1.165) is 25.3 Å². The molecule has 0 amide bonds. The van der Waals surface area contributed by atoms with Crippen LogP contribution in [0, 0.1) is 0 Å². The van der Waals surface area contributed by atoms with Crippen LogP contribution < -0.4 is 4.74 Å². The zero-order chi connectivity index (χ0) is 19.8. The van der Waals surface area contributed by atoms with E-state index in [4.69, 9.17) is 24.5 Å². The summed E-state index contributed by atoms with van der Waals surface area (Å²) in [5.41, 5.74) is 1.31. The highest BCUT2D eigenvalue weighted by Gasteiger charge is 2.30. The number of benzene rings is 2. The molecule has 27 heavy (non-hydrogen) atoms. The number of aliphatic carboxylic acids is 2. The van der Waals surface area contributed by atoms with Gasteiger partial charge in [-0.3, -0.25) is 0 Å². The molecule has 1 fully saturated rings. The van der Waals surface area contributed by atoms with E-state index in [1.807, 2.05) is 18.2 Å². The Bertz CT molecular complexity index is 752. The molecule has 0 radical (unpaired) electrons. The first-order valence-corrected chi connectivity index (χ1v) is 8.52. The molecule has 1 aliphatic heterocycles. The van der Waals surface area contributed by atoms with Crippen molar-refractivity contribution in [3.63, 3.8) is 0 Å². The topological polar surface area (TPSA) is 107 Å². The normalized spacial score (nSPS) is 19.4. The SMILES string of the molecule is CN1CC[C@H](Oc2cccc(O)c2)[C@@H](c2ccccc2)C1.O=C(O)C(=O)O. The van der Waals surface area contributed by atoms with Crippen LogP contribution in [0.4, 0.5) is 0 Å². The lowest BCUT2D eigenvalue weighted by molar-refractivity contribution is -0.159. The predicted octanol–water partition coefficient (Wildman–Crippen LogP) is 2.41. The van der Waals surface area contributed by atoms with Gasteiger partial charge in [0.25, 0.3) is 0 Å². The molecular weight excluding hydrogens is 350 g/mol. The van der Waals surface area contributed by atoms with Crippen molar-refractivity contribution in [2.75, 3.05) is 20.1 Å². The summed E-state index contributed by atoms with van der Waals surface area (Å²) in [6.07, 6.45) is 1.14. The van der Waals surface area contributed by atoms with E-state index in [1.54, 1.807) is 12.1 Å². The highest BCUT2D eigenvalue weighted by molar-refractivity contribution is 6.27. The lowest BCUT2D eigenvalue weighted by Gasteiger charge is -2.37. The molecule has 7 nitrogen and oxygen atoms in total. The summed E-state index contributed by atoms with van der Waals surface area (Å²) in [6.45, 7) is 2.03. The van der Waals surface area contributed by atoms with E-state index >= 15 is 0 Å². The van der Waals surface area contributed by atoms with Gasteiger partial charge in [-0.1, -0.05) is 36.4 Å². The summed E-state index contributed by atoms with van der Waals surface area (Å²) in [5, 5.41) is 24.4. The largest absolute Gasteiger partial charge is 0.508 e. The van der Waals surface area contributed by atoms with E-state index < -0.39 is 11.9 Å². The number of carboxylic acid groups (broad SMARTS) is 2. The minimum absolute atomic E-state index is 0.144. The molecule has 2 aromatic carbocycles. The summed E-state index contributed by atoms with van der Waals surface area (Å²) in [4.78, 5) is 20.5. The number of nitrogens with zero attached hydrogens (tertiary/aromatic N) is 1. The molecule has 3 rings (SSSR count). The Morgan fingerprint density at radius 2 is 1.70 bits per heavy atom. The number of likely N-dealkylation sites (N-methyl/N-ethyl adjacent to an activating group) is 1. The van der Waals surface area contributed by atoms with Crippen molar-refractivity contribution in [3.05, 3.63) is 60.2 Å². The zero-order valence-electron chi connectivity index (χ0n) is 15.0. The minimum atomic E-state index is -1.82. The van der Waals surface area contributed by atoms with Crippen molar-refractivity contribution in [1.82, 2.24) is 4.90 Å². The van der Waals surface area contributed by atoms with Gasteiger partial charge < -0.3 is 25.0 Å². The second kappa shape index (κ2) is 9.59. The van der Waals surface area contributed by atoms with Gasteiger partial charge in [-0.2, -0.15) is 0 Å². The molecule has 0 unspecified atom stereocenters. The van der Waals surface area contributed by atoms with Crippen molar-refractivity contribution in [3.8, 4) is 11.5 Å². The van der Waals surface area contributed by atoms with Gasteiger partial charge in [0.15, 0.2) is 0 Å². The maximum atomic E-state index is 9.58. The van der Waals surface area contributed by atoms with Crippen LogP contribution in [0.3, 0.4) is 0 Å². The van der Waals surface area contributed by atoms with E-state index in [1.165, 1.54) is 5.56 Å². The Kier molecular flexibility index (Phi) is 7.19. The highest BCUT2D eigenvalue weighted by atomic mass is 16.5. The van der Waals surface area contributed by atoms with Gasteiger partial charge in [-0.15, -0.1) is 0 Å². The van der Waals surface area contributed by atoms with Crippen molar-refractivity contribution in [1.29, 1.82) is 0 Å². The number of ether oxygens (including phenoxy) is 1. The number of aromatic hydroxyl groups is 1. The molecule has 3 N–H and O–H groups in total. The van der Waals surface area contributed by atoms with Gasteiger partial charge >= 0.3 is 11.9 Å². The molecule has 0 bridgehead atoms. The van der Waals surface area contributed by atoms with Crippen molar-refractivity contribution in [2.45, 2.75) is 18.4 Å². The molecule has 144 valence electrons. The fraction of sp³-hybridized carbons (Fsp3) is 0.300. The summed E-state index contributed by atoms with van der Waals surface area (Å²) in [7, 11) is 2.15. The van der Waals surface area contributed by atoms with Crippen LogP contribution in [-0.2, 0) is 9.59 Å². The standard InChI is InChI=1S/C18H21NO2.C2H2O4/c1-19-11-10-18(21-16-9-5-8-15(20)12-16)17(13-19)14-6-3-2-4-7-14;3-1(4)2(5)6/h2-9,12,17-18,20H,10-11,13H2,1H3;(H,3,4)(H,5,6)/t17-,18+;/m1./s1. The molecule has 0 aromatic heterocycles. The fourth-order valence-electron chi connectivity index (χ4n) is 2.99. The van der Waals surface area contributed by atoms with Crippen molar-refractivity contribution < 1.29 is 29.6 Å². The number of hydrogen-bond acceptors (Lipinski definition) is 5. The minimum Gasteiger partial charge on any atom is -0.508 e. The maximum absolute atomic E-state index is 9.58. The second-order valence-electron chi connectivity index (χ2n) is 6.33. The van der Waals surface area contributed by atoms with Gasteiger partial charge in [-0.25, -0.2) is 9.59 Å². The molecule has 1 heterocycles. The van der Waals surface area contributed by atoms with Gasteiger partial charge in [0.1, 0.15) is 17.6 Å². The maximum Gasteiger partial charge on any atom is 0.414 e. The smallest absolute Gasteiger partial charge is 0.414 e. The third-order valence-electron chi connectivity index (χ3n) is 4.27. The Balaban J connectivity index is 0.000000380. The first kappa shape index (κ1) is 20.3. The Morgan fingerprint density at radius 3 is 2.30 bits per heavy atom. The number of rotatable bonds is 3.